The van der Waals surface area contributed by atoms with E-state index in [1.54, 1.807) is 6.08 Å². The molecule has 1 N–H and O–H groups in total. The van der Waals surface area contributed by atoms with Gasteiger partial charge in [-0.2, -0.15) is 0 Å². The highest BCUT2D eigenvalue weighted by Crippen LogP contribution is 2.17. The van der Waals surface area contributed by atoms with Crippen LogP contribution in [-0.2, 0) is 44.4 Å². The van der Waals surface area contributed by atoms with Crippen LogP contribution in [0.2, 0.25) is 0 Å². The molecule has 8 heteroatoms. The lowest BCUT2D eigenvalue weighted by Gasteiger charge is -2.16. The van der Waals surface area contributed by atoms with Crippen molar-refractivity contribution in [3.63, 3.8) is 0 Å². The maximum Gasteiger partial charge on any atom is 0.332 e. The first-order chi connectivity index (χ1) is 16.3. The van der Waals surface area contributed by atoms with Crippen LogP contribution in [0.4, 0.5) is 0 Å². The van der Waals surface area contributed by atoms with E-state index in [2.05, 4.69) is 6.58 Å². The van der Waals surface area contributed by atoms with Crippen molar-refractivity contribution >= 4 is 11.2 Å². The molecule has 3 rings (SSSR count). The standard InChI is InChI=1S/C26H32N4O4/c1-6-9-18(4)34-16-22-21(13-12-19-10-7-8-11-20(19)15-31)27-23-24(28-22)30(14-17(2)3)26(33)29(5)25(23)32/h6-11,17,31H,4,12-16H2,1-3,5H3/b9-6-. The molecule has 0 saturated carbocycles. The molecule has 3 aromatic rings. The highest BCUT2D eigenvalue weighted by molar-refractivity contribution is 5.69. The highest BCUT2D eigenvalue weighted by atomic mass is 16.5. The fourth-order valence-electron chi connectivity index (χ4n) is 3.79. The molecular weight excluding hydrogens is 432 g/mol. The Balaban J connectivity index is 2.14. The largest absolute Gasteiger partial charge is 0.488 e. The molecule has 0 aliphatic carbocycles. The molecule has 180 valence electrons. The molecule has 0 aliphatic heterocycles. The number of benzene rings is 1. The Morgan fingerprint density at radius 3 is 2.50 bits per heavy atom. The Morgan fingerprint density at radius 2 is 1.85 bits per heavy atom. The number of rotatable bonds is 10. The van der Waals surface area contributed by atoms with Gasteiger partial charge in [0, 0.05) is 13.6 Å². The third kappa shape index (κ3) is 5.51. The lowest BCUT2D eigenvalue weighted by atomic mass is 10.0. The quantitative estimate of drug-likeness (QED) is 0.366. The Kier molecular flexibility index (Phi) is 8.17. The molecule has 0 bridgehead atoms. The molecule has 34 heavy (non-hydrogen) atoms. The Bertz CT molecular complexity index is 1340. The van der Waals surface area contributed by atoms with Crippen LogP contribution < -0.4 is 11.2 Å². The number of aliphatic hydroxyl groups excluding tert-OH is 1. The second-order valence-corrected chi connectivity index (χ2v) is 8.62. The molecule has 2 aromatic heterocycles. The summed E-state index contributed by atoms with van der Waals surface area (Å²) in [5.74, 6) is 0.647. The van der Waals surface area contributed by atoms with Crippen LogP contribution in [0.3, 0.4) is 0 Å². The maximum atomic E-state index is 12.9. The van der Waals surface area contributed by atoms with Gasteiger partial charge in [0.1, 0.15) is 18.1 Å². The monoisotopic (exact) mass is 464 g/mol. The van der Waals surface area contributed by atoms with Gasteiger partial charge in [-0.3, -0.25) is 13.9 Å². The molecule has 8 nitrogen and oxygen atoms in total. The van der Waals surface area contributed by atoms with Gasteiger partial charge in [0.05, 0.1) is 12.3 Å². The molecule has 0 atom stereocenters. The van der Waals surface area contributed by atoms with Crippen LogP contribution in [0.25, 0.3) is 11.2 Å². The Hall–Kier alpha value is -3.52. The van der Waals surface area contributed by atoms with Crippen LogP contribution in [0, 0.1) is 5.92 Å². The van der Waals surface area contributed by atoms with Gasteiger partial charge < -0.3 is 9.84 Å². The molecule has 0 spiro atoms. The lowest BCUT2D eigenvalue weighted by molar-refractivity contribution is 0.207. The number of fused-ring (bicyclic) bond motifs is 1. The molecule has 0 saturated heterocycles. The number of aryl methyl sites for hydroxylation is 2. The number of ether oxygens (including phenoxy) is 1. The van der Waals surface area contributed by atoms with Crippen molar-refractivity contribution < 1.29 is 9.84 Å². The third-order valence-electron chi connectivity index (χ3n) is 5.53. The summed E-state index contributed by atoms with van der Waals surface area (Å²) in [7, 11) is 1.46. The second kappa shape index (κ2) is 11.1. The van der Waals surface area contributed by atoms with Crippen molar-refractivity contribution in [2.75, 3.05) is 0 Å². The minimum Gasteiger partial charge on any atom is -0.488 e. The first kappa shape index (κ1) is 25.1. The smallest absolute Gasteiger partial charge is 0.332 e. The van der Waals surface area contributed by atoms with Gasteiger partial charge in [-0.05, 0) is 42.9 Å². The minimum atomic E-state index is -0.477. The zero-order chi connectivity index (χ0) is 24.8. The lowest BCUT2D eigenvalue weighted by Crippen LogP contribution is -2.40. The predicted molar refractivity (Wildman–Crippen MR) is 132 cm³/mol. The zero-order valence-electron chi connectivity index (χ0n) is 20.2. The van der Waals surface area contributed by atoms with Crippen molar-refractivity contribution in [1.82, 2.24) is 19.1 Å². The summed E-state index contributed by atoms with van der Waals surface area (Å²) in [4.78, 5) is 35.2. The number of hydrogen-bond donors (Lipinski definition) is 1. The first-order valence-corrected chi connectivity index (χ1v) is 11.4. The third-order valence-corrected chi connectivity index (χ3v) is 5.53. The van der Waals surface area contributed by atoms with Crippen molar-refractivity contribution in [3.8, 4) is 0 Å². The fraction of sp³-hybridized carbons (Fsp3) is 0.385. The zero-order valence-corrected chi connectivity index (χ0v) is 20.2. The number of aromatic nitrogens is 4. The van der Waals surface area contributed by atoms with Gasteiger partial charge in [0.15, 0.2) is 11.2 Å². The topological polar surface area (TPSA) is 99.2 Å². The summed E-state index contributed by atoms with van der Waals surface area (Å²) in [6, 6.07) is 7.65. The summed E-state index contributed by atoms with van der Waals surface area (Å²) >= 11 is 0. The highest BCUT2D eigenvalue weighted by Gasteiger charge is 2.19. The molecule has 0 fully saturated rings. The van der Waals surface area contributed by atoms with E-state index in [0.29, 0.717) is 36.5 Å². The van der Waals surface area contributed by atoms with Gasteiger partial charge in [0.25, 0.3) is 5.56 Å². The Morgan fingerprint density at radius 1 is 1.15 bits per heavy atom. The summed E-state index contributed by atoms with van der Waals surface area (Å²) < 4.78 is 8.35. The predicted octanol–water partition coefficient (Wildman–Crippen LogP) is 3.03. The first-order valence-electron chi connectivity index (χ1n) is 11.4. The maximum absolute atomic E-state index is 12.9. The number of hydrogen-bond acceptors (Lipinski definition) is 6. The van der Waals surface area contributed by atoms with Crippen LogP contribution in [-0.4, -0.2) is 24.2 Å². The second-order valence-electron chi connectivity index (χ2n) is 8.62. The normalized spacial score (nSPS) is 11.6. The van der Waals surface area contributed by atoms with E-state index < -0.39 is 11.2 Å². The molecule has 1 aromatic carbocycles. The minimum absolute atomic E-state index is 0.0548. The summed E-state index contributed by atoms with van der Waals surface area (Å²) in [5.41, 5.74) is 2.52. The molecule has 0 amide bonds. The fourth-order valence-corrected chi connectivity index (χ4v) is 3.79. The van der Waals surface area contributed by atoms with Crippen LogP contribution in [0.15, 0.2) is 58.3 Å². The molecule has 0 aliphatic rings. The SMILES string of the molecule is C=C(/C=C\C)OCc1nc2c(nc1CCc1ccccc1CO)c(=O)n(C)c(=O)n2CC(C)C. The van der Waals surface area contributed by atoms with Crippen LogP contribution in [0.1, 0.15) is 43.3 Å². The van der Waals surface area contributed by atoms with Crippen LogP contribution in [0.5, 0.6) is 0 Å². The van der Waals surface area contributed by atoms with Gasteiger partial charge in [-0.1, -0.05) is 50.8 Å². The Labute approximate surface area is 198 Å². The van der Waals surface area contributed by atoms with Crippen molar-refractivity contribution in [1.29, 1.82) is 0 Å². The summed E-state index contributed by atoms with van der Waals surface area (Å²) in [6.07, 6.45) is 4.66. The van der Waals surface area contributed by atoms with E-state index in [4.69, 9.17) is 14.7 Å². The number of nitrogens with zero attached hydrogens (tertiary/aromatic N) is 4. The summed E-state index contributed by atoms with van der Waals surface area (Å²) in [5, 5.41) is 9.66. The van der Waals surface area contributed by atoms with Gasteiger partial charge in [0.2, 0.25) is 0 Å². The molecule has 2 heterocycles. The average molecular weight is 465 g/mol. The van der Waals surface area contributed by atoms with Crippen molar-refractivity contribution in [3.05, 3.63) is 92.1 Å². The van der Waals surface area contributed by atoms with Gasteiger partial charge in [-0.25, -0.2) is 14.8 Å². The molecular formula is C26H32N4O4. The number of allylic oxidation sites excluding steroid dienone is 2. The van der Waals surface area contributed by atoms with Crippen molar-refractivity contribution in [2.45, 2.75) is 53.4 Å². The van der Waals surface area contributed by atoms with E-state index in [0.717, 1.165) is 15.7 Å². The van der Waals surface area contributed by atoms with E-state index >= 15 is 0 Å². The average Bonchev–Trinajstić information content (AvgIpc) is 2.82. The van der Waals surface area contributed by atoms with E-state index in [1.165, 1.54) is 11.6 Å². The van der Waals surface area contributed by atoms with E-state index in [-0.39, 0.29) is 30.3 Å². The summed E-state index contributed by atoms with van der Waals surface area (Å²) in [6.45, 7) is 10.2. The van der Waals surface area contributed by atoms with E-state index in [1.807, 2.05) is 51.1 Å². The van der Waals surface area contributed by atoms with Crippen molar-refractivity contribution in [2.24, 2.45) is 13.0 Å². The molecule has 0 radical (unpaired) electrons. The number of aliphatic hydroxyl groups is 1. The van der Waals surface area contributed by atoms with Crippen LogP contribution >= 0.6 is 0 Å². The van der Waals surface area contributed by atoms with Gasteiger partial charge >= 0.3 is 5.69 Å². The molecule has 0 unspecified atom stereocenters. The van der Waals surface area contributed by atoms with Gasteiger partial charge in [-0.15, -0.1) is 0 Å². The van der Waals surface area contributed by atoms with E-state index in [9.17, 15) is 14.7 Å².